The third-order valence-corrected chi connectivity index (χ3v) is 4.81. The number of aromatic nitrogens is 3. The molecule has 0 aliphatic carbocycles. The number of likely N-dealkylation sites (tertiary alicyclic amines) is 1. The van der Waals surface area contributed by atoms with Crippen molar-refractivity contribution in [3.05, 3.63) is 23.2 Å². The average Bonchev–Trinajstić information content (AvgIpc) is 3.22. The van der Waals surface area contributed by atoms with E-state index in [4.69, 9.17) is 4.74 Å². The minimum atomic E-state index is -1.12. The first-order chi connectivity index (χ1) is 11.4. The number of carbonyl (C=O) groups excluding carboxylic acids is 1. The van der Waals surface area contributed by atoms with E-state index in [2.05, 4.69) is 10.3 Å². The Bertz CT molecular complexity index is 652. The predicted octanol–water partition coefficient (Wildman–Crippen LogP) is 1.75. The second kappa shape index (κ2) is 6.55. The first kappa shape index (κ1) is 17.0. The molecule has 3 rings (SSSR count). The molecular formula is C17H26N4O3. The highest BCUT2D eigenvalue weighted by atomic mass is 16.5. The van der Waals surface area contributed by atoms with E-state index in [-0.39, 0.29) is 18.5 Å². The summed E-state index contributed by atoms with van der Waals surface area (Å²) in [5, 5.41) is 19.1. The Kier molecular flexibility index (Phi) is 4.62. The quantitative estimate of drug-likeness (QED) is 0.907. The second-order valence-corrected chi connectivity index (χ2v) is 6.89. The van der Waals surface area contributed by atoms with Gasteiger partial charge in [0.1, 0.15) is 17.1 Å². The Morgan fingerprint density at radius 2 is 2.29 bits per heavy atom. The Hall–Kier alpha value is -1.89. The van der Waals surface area contributed by atoms with E-state index >= 15 is 0 Å². The minimum Gasteiger partial charge on any atom is -0.497 e. The maximum Gasteiger partial charge on any atom is 0.253 e. The topological polar surface area (TPSA) is 80.5 Å². The molecule has 1 saturated heterocycles. The molecule has 0 spiro atoms. The van der Waals surface area contributed by atoms with Crippen LogP contribution in [-0.4, -0.2) is 50.6 Å². The first-order valence-corrected chi connectivity index (χ1v) is 8.73. The van der Waals surface area contributed by atoms with E-state index in [0.717, 1.165) is 30.6 Å². The summed E-state index contributed by atoms with van der Waals surface area (Å²) < 4.78 is 7.36. The Morgan fingerprint density at radius 3 is 2.96 bits per heavy atom. The number of nitrogens with zero attached hydrogens (tertiary/aromatic N) is 4. The molecule has 1 N–H and O–H groups in total. The lowest BCUT2D eigenvalue weighted by atomic mass is 10.00. The van der Waals surface area contributed by atoms with Crippen LogP contribution < -0.4 is 0 Å². The fraction of sp³-hybridized carbons (Fsp3) is 0.706. The molecule has 0 radical (unpaired) electrons. The van der Waals surface area contributed by atoms with E-state index < -0.39 is 5.60 Å². The van der Waals surface area contributed by atoms with Crippen LogP contribution >= 0.6 is 0 Å². The van der Waals surface area contributed by atoms with Gasteiger partial charge in [-0.1, -0.05) is 12.1 Å². The summed E-state index contributed by atoms with van der Waals surface area (Å²) >= 11 is 0. The standard InChI is InChI=1S/C17H26N4O3/c1-4-14-13(6-5-9-24-14)16(22)20-8-7-17(23,11-20)15-10-21(12(2)3)19-18-15/h10,12,23H,4-9,11H2,1-3H3/t17-/m0/s1. The maximum absolute atomic E-state index is 12.8. The average molecular weight is 334 g/mol. The molecule has 2 aliphatic heterocycles. The van der Waals surface area contributed by atoms with Gasteiger partial charge in [-0.15, -0.1) is 5.10 Å². The van der Waals surface area contributed by atoms with Crippen LogP contribution in [0.4, 0.5) is 0 Å². The van der Waals surface area contributed by atoms with Crippen molar-refractivity contribution in [1.29, 1.82) is 0 Å². The molecule has 7 nitrogen and oxygen atoms in total. The molecule has 1 aromatic heterocycles. The lowest BCUT2D eigenvalue weighted by molar-refractivity contribution is -0.128. The third-order valence-electron chi connectivity index (χ3n) is 4.81. The molecule has 24 heavy (non-hydrogen) atoms. The highest BCUT2D eigenvalue weighted by molar-refractivity contribution is 5.94. The van der Waals surface area contributed by atoms with Crippen LogP contribution in [0.3, 0.4) is 0 Å². The van der Waals surface area contributed by atoms with E-state index in [9.17, 15) is 9.90 Å². The normalized spacial score (nSPS) is 24.6. The third kappa shape index (κ3) is 3.05. The van der Waals surface area contributed by atoms with Gasteiger partial charge in [-0.05, 0) is 26.7 Å². The molecule has 0 bridgehead atoms. The summed E-state index contributed by atoms with van der Waals surface area (Å²) in [6.45, 7) is 7.47. The lowest BCUT2D eigenvalue weighted by Crippen LogP contribution is -2.36. The van der Waals surface area contributed by atoms with Crippen molar-refractivity contribution in [3.8, 4) is 0 Å². The fourth-order valence-electron chi connectivity index (χ4n) is 3.32. The van der Waals surface area contributed by atoms with Crippen LogP contribution in [-0.2, 0) is 15.1 Å². The van der Waals surface area contributed by atoms with E-state index in [0.29, 0.717) is 25.3 Å². The van der Waals surface area contributed by atoms with E-state index in [1.165, 1.54) is 0 Å². The number of aliphatic hydroxyl groups is 1. The smallest absolute Gasteiger partial charge is 0.253 e. The van der Waals surface area contributed by atoms with Gasteiger partial charge in [0.05, 0.1) is 24.9 Å². The molecule has 1 atom stereocenters. The molecule has 0 aromatic carbocycles. The van der Waals surface area contributed by atoms with E-state index in [1.54, 1.807) is 15.8 Å². The first-order valence-electron chi connectivity index (χ1n) is 8.73. The van der Waals surface area contributed by atoms with Crippen molar-refractivity contribution < 1.29 is 14.6 Å². The van der Waals surface area contributed by atoms with E-state index in [1.807, 2.05) is 20.8 Å². The van der Waals surface area contributed by atoms with Crippen LogP contribution in [0.15, 0.2) is 17.5 Å². The van der Waals surface area contributed by atoms with Gasteiger partial charge in [0, 0.05) is 25.4 Å². The van der Waals surface area contributed by atoms with Crippen molar-refractivity contribution >= 4 is 5.91 Å². The molecule has 2 aliphatic rings. The van der Waals surface area contributed by atoms with Gasteiger partial charge in [-0.3, -0.25) is 4.79 Å². The number of rotatable bonds is 4. The van der Waals surface area contributed by atoms with Gasteiger partial charge in [0.25, 0.3) is 5.91 Å². The zero-order chi connectivity index (χ0) is 17.3. The van der Waals surface area contributed by atoms with Gasteiger partial charge in [0.15, 0.2) is 0 Å². The van der Waals surface area contributed by atoms with Crippen LogP contribution in [0, 0.1) is 0 Å². The van der Waals surface area contributed by atoms with Crippen molar-refractivity contribution in [2.75, 3.05) is 19.7 Å². The number of allylic oxidation sites excluding steroid dienone is 1. The molecule has 7 heteroatoms. The Labute approximate surface area is 142 Å². The summed E-state index contributed by atoms with van der Waals surface area (Å²) in [6, 6.07) is 0.186. The number of carbonyl (C=O) groups is 1. The Morgan fingerprint density at radius 1 is 1.50 bits per heavy atom. The lowest BCUT2D eigenvalue weighted by Gasteiger charge is -2.25. The fourth-order valence-corrected chi connectivity index (χ4v) is 3.32. The monoisotopic (exact) mass is 334 g/mol. The molecule has 0 unspecified atom stereocenters. The summed E-state index contributed by atoms with van der Waals surface area (Å²) in [6.07, 6.45) is 4.60. The summed E-state index contributed by atoms with van der Waals surface area (Å²) in [4.78, 5) is 14.6. The largest absolute Gasteiger partial charge is 0.497 e. The number of hydrogen-bond acceptors (Lipinski definition) is 5. The summed E-state index contributed by atoms with van der Waals surface area (Å²) in [5.41, 5.74) is 0.181. The van der Waals surface area contributed by atoms with Crippen LogP contribution in [0.1, 0.15) is 58.2 Å². The number of ether oxygens (including phenoxy) is 1. The van der Waals surface area contributed by atoms with Gasteiger partial charge in [0.2, 0.25) is 0 Å². The SMILES string of the molecule is CCC1=C(C(=O)N2CC[C@@](O)(c3cn(C(C)C)nn3)C2)CCCO1. The van der Waals surface area contributed by atoms with Crippen molar-refractivity contribution in [2.45, 2.75) is 58.1 Å². The maximum atomic E-state index is 12.8. The Balaban J connectivity index is 1.76. The van der Waals surface area contributed by atoms with Gasteiger partial charge < -0.3 is 14.7 Å². The zero-order valence-corrected chi connectivity index (χ0v) is 14.7. The second-order valence-electron chi connectivity index (χ2n) is 6.89. The van der Waals surface area contributed by atoms with Crippen LogP contribution in [0.2, 0.25) is 0 Å². The van der Waals surface area contributed by atoms with Crippen molar-refractivity contribution in [1.82, 2.24) is 19.9 Å². The molecule has 1 aromatic rings. The highest BCUT2D eigenvalue weighted by Gasteiger charge is 2.43. The van der Waals surface area contributed by atoms with Gasteiger partial charge in [-0.2, -0.15) is 0 Å². The molecule has 3 heterocycles. The molecule has 1 amide bonds. The number of amides is 1. The summed E-state index contributed by atoms with van der Waals surface area (Å²) in [7, 11) is 0. The zero-order valence-electron chi connectivity index (χ0n) is 14.7. The minimum absolute atomic E-state index is 0.0151. The summed E-state index contributed by atoms with van der Waals surface area (Å²) in [5.74, 6) is 0.783. The van der Waals surface area contributed by atoms with Crippen molar-refractivity contribution in [2.24, 2.45) is 0 Å². The van der Waals surface area contributed by atoms with Crippen LogP contribution in [0.5, 0.6) is 0 Å². The van der Waals surface area contributed by atoms with Gasteiger partial charge in [-0.25, -0.2) is 4.68 Å². The number of hydrogen-bond donors (Lipinski definition) is 1. The van der Waals surface area contributed by atoms with Crippen molar-refractivity contribution in [3.63, 3.8) is 0 Å². The molecular weight excluding hydrogens is 308 g/mol. The number of β-amino-alcohol motifs (C(OH)–C–C–N with tert-alkyl or cyclic N) is 1. The molecule has 1 fully saturated rings. The predicted molar refractivity (Wildman–Crippen MR) is 88.0 cm³/mol. The molecule has 0 saturated carbocycles. The van der Waals surface area contributed by atoms with Gasteiger partial charge >= 0.3 is 0 Å². The molecule has 132 valence electrons. The highest BCUT2D eigenvalue weighted by Crippen LogP contribution is 2.33. The van der Waals surface area contributed by atoms with Crippen LogP contribution in [0.25, 0.3) is 0 Å².